The number of nitrogens with one attached hydrogen (secondary N) is 1. The summed E-state index contributed by atoms with van der Waals surface area (Å²) in [7, 11) is 1.92. The van der Waals surface area contributed by atoms with Crippen molar-refractivity contribution < 1.29 is 5.11 Å². The summed E-state index contributed by atoms with van der Waals surface area (Å²) in [6.45, 7) is 0.679. The van der Waals surface area contributed by atoms with Gasteiger partial charge in [-0.05, 0) is 12.8 Å². The van der Waals surface area contributed by atoms with E-state index in [1.165, 1.54) is 6.42 Å². The molecule has 2 rings (SSSR count). The van der Waals surface area contributed by atoms with Gasteiger partial charge < -0.3 is 15.0 Å². The zero-order valence-corrected chi connectivity index (χ0v) is 9.06. The van der Waals surface area contributed by atoms with Crippen molar-refractivity contribution in [1.82, 2.24) is 20.1 Å². The number of aromatic nitrogens is 3. The highest BCUT2D eigenvalue weighted by Gasteiger charge is 2.22. The molecule has 0 radical (unpaired) electrons. The summed E-state index contributed by atoms with van der Waals surface area (Å²) in [6, 6.07) is 0.218. The smallest absolute Gasteiger partial charge is 0.146 e. The summed E-state index contributed by atoms with van der Waals surface area (Å²) >= 11 is 0. The van der Waals surface area contributed by atoms with Crippen LogP contribution in [0, 0.1) is 0 Å². The third-order valence-corrected chi connectivity index (χ3v) is 3.06. The first kappa shape index (κ1) is 10.6. The molecule has 1 fully saturated rings. The second-order valence-corrected chi connectivity index (χ2v) is 4.20. The first-order valence-electron chi connectivity index (χ1n) is 5.51. The summed E-state index contributed by atoms with van der Waals surface area (Å²) in [5.41, 5.74) is 0. The molecule has 1 aliphatic carbocycles. The molecule has 15 heavy (non-hydrogen) atoms. The fraction of sp³-hybridized carbons (Fsp3) is 0.800. The Bertz CT molecular complexity index is 312. The van der Waals surface area contributed by atoms with Gasteiger partial charge in [0.05, 0.1) is 12.6 Å². The van der Waals surface area contributed by atoms with E-state index in [0.29, 0.717) is 6.54 Å². The van der Waals surface area contributed by atoms with Crippen molar-refractivity contribution in [2.45, 2.75) is 44.4 Å². The number of rotatable bonds is 3. The van der Waals surface area contributed by atoms with E-state index >= 15 is 0 Å². The molecule has 1 aromatic heterocycles. The molecular weight excluding hydrogens is 192 g/mol. The zero-order valence-electron chi connectivity index (χ0n) is 9.06. The molecule has 0 bridgehead atoms. The van der Waals surface area contributed by atoms with Gasteiger partial charge in [0.25, 0.3) is 0 Å². The summed E-state index contributed by atoms with van der Waals surface area (Å²) in [5, 5.41) is 20.9. The van der Waals surface area contributed by atoms with Crippen molar-refractivity contribution in [3.8, 4) is 0 Å². The van der Waals surface area contributed by atoms with Crippen LogP contribution in [0.25, 0.3) is 0 Å². The van der Waals surface area contributed by atoms with E-state index in [-0.39, 0.29) is 12.1 Å². The Morgan fingerprint density at radius 1 is 1.53 bits per heavy atom. The van der Waals surface area contributed by atoms with Crippen LogP contribution in [0.15, 0.2) is 6.33 Å². The Morgan fingerprint density at radius 2 is 2.33 bits per heavy atom. The van der Waals surface area contributed by atoms with Gasteiger partial charge in [0.2, 0.25) is 0 Å². The van der Waals surface area contributed by atoms with Gasteiger partial charge in [-0.2, -0.15) is 0 Å². The highest BCUT2D eigenvalue weighted by molar-refractivity contribution is 4.87. The lowest BCUT2D eigenvalue weighted by atomic mass is 9.93. The Morgan fingerprint density at radius 3 is 3.00 bits per heavy atom. The molecule has 0 aliphatic heterocycles. The molecule has 5 heteroatoms. The molecule has 1 heterocycles. The van der Waals surface area contributed by atoms with Gasteiger partial charge in [0.1, 0.15) is 12.2 Å². The lowest BCUT2D eigenvalue weighted by molar-refractivity contribution is 0.0898. The lowest BCUT2D eigenvalue weighted by Crippen LogP contribution is -2.41. The van der Waals surface area contributed by atoms with Crippen LogP contribution < -0.4 is 5.32 Å². The van der Waals surface area contributed by atoms with Crippen molar-refractivity contribution in [3.05, 3.63) is 12.2 Å². The van der Waals surface area contributed by atoms with E-state index in [1.54, 1.807) is 6.33 Å². The van der Waals surface area contributed by atoms with Crippen molar-refractivity contribution >= 4 is 0 Å². The van der Waals surface area contributed by atoms with E-state index in [4.69, 9.17) is 0 Å². The fourth-order valence-corrected chi connectivity index (χ4v) is 2.04. The lowest BCUT2D eigenvalue weighted by Gasteiger charge is -2.28. The molecular formula is C10H18N4O. The minimum absolute atomic E-state index is 0.202. The third kappa shape index (κ3) is 2.54. The Hall–Kier alpha value is -0.940. The average Bonchev–Trinajstić information content (AvgIpc) is 2.63. The van der Waals surface area contributed by atoms with Crippen molar-refractivity contribution in [1.29, 1.82) is 0 Å². The average molecular weight is 210 g/mol. The number of hydrogen-bond donors (Lipinski definition) is 2. The maximum atomic E-state index is 9.76. The molecule has 1 aliphatic rings. The van der Waals surface area contributed by atoms with Crippen LogP contribution in [0.4, 0.5) is 0 Å². The van der Waals surface area contributed by atoms with E-state index in [9.17, 15) is 5.11 Å². The summed E-state index contributed by atoms with van der Waals surface area (Å²) in [4.78, 5) is 0. The molecule has 0 spiro atoms. The molecule has 0 saturated heterocycles. The van der Waals surface area contributed by atoms with Crippen LogP contribution in [0.1, 0.15) is 31.5 Å². The number of nitrogens with zero attached hydrogens (tertiary/aromatic N) is 3. The highest BCUT2D eigenvalue weighted by atomic mass is 16.3. The van der Waals surface area contributed by atoms with Gasteiger partial charge in [0, 0.05) is 13.1 Å². The van der Waals surface area contributed by atoms with Gasteiger partial charge in [-0.15, -0.1) is 10.2 Å². The third-order valence-electron chi connectivity index (χ3n) is 3.06. The van der Waals surface area contributed by atoms with Gasteiger partial charge in [-0.1, -0.05) is 12.8 Å². The Balaban J connectivity index is 1.84. The normalized spacial score (nSPS) is 26.8. The number of aliphatic hydroxyl groups is 1. The van der Waals surface area contributed by atoms with Crippen molar-refractivity contribution in [2.24, 2.45) is 7.05 Å². The molecule has 1 saturated carbocycles. The second-order valence-electron chi connectivity index (χ2n) is 4.20. The molecule has 84 valence electrons. The first-order valence-corrected chi connectivity index (χ1v) is 5.51. The monoisotopic (exact) mass is 210 g/mol. The number of aryl methyl sites for hydroxylation is 1. The highest BCUT2D eigenvalue weighted by Crippen LogP contribution is 2.18. The van der Waals surface area contributed by atoms with Crippen LogP contribution in [0.2, 0.25) is 0 Å². The van der Waals surface area contributed by atoms with E-state index < -0.39 is 0 Å². The first-order chi connectivity index (χ1) is 7.27. The molecule has 0 aromatic carbocycles. The summed E-state index contributed by atoms with van der Waals surface area (Å²) < 4.78 is 1.89. The fourth-order valence-electron chi connectivity index (χ4n) is 2.04. The standard InChI is InChI=1S/C10H18N4O/c1-14-7-12-13-10(14)6-11-8-4-2-3-5-9(8)15/h7-9,11,15H,2-6H2,1H3/t8-,9-/m1/s1. The molecule has 5 nitrogen and oxygen atoms in total. The van der Waals surface area contributed by atoms with E-state index in [1.807, 2.05) is 11.6 Å². The largest absolute Gasteiger partial charge is 0.392 e. The van der Waals surface area contributed by atoms with Gasteiger partial charge in [-0.3, -0.25) is 0 Å². The van der Waals surface area contributed by atoms with Crippen LogP contribution in [-0.4, -0.2) is 32.0 Å². The van der Waals surface area contributed by atoms with Crippen LogP contribution >= 0.6 is 0 Å². The summed E-state index contributed by atoms with van der Waals surface area (Å²) in [6.07, 6.45) is 5.80. The molecule has 2 N–H and O–H groups in total. The van der Waals surface area contributed by atoms with Crippen LogP contribution in [0.5, 0.6) is 0 Å². The van der Waals surface area contributed by atoms with E-state index in [2.05, 4.69) is 15.5 Å². The Labute approximate surface area is 89.5 Å². The predicted molar refractivity (Wildman–Crippen MR) is 56.1 cm³/mol. The SMILES string of the molecule is Cn1cnnc1CN[C@@H]1CCCC[C@H]1O. The second kappa shape index (κ2) is 4.72. The van der Waals surface area contributed by atoms with Crippen molar-refractivity contribution in [2.75, 3.05) is 0 Å². The predicted octanol–water partition coefficient (Wildman–Crippen LogP) is 0.208. The van der Waals surface area contributed by atoms with Gasteiger partial charge in [-0.25, -0.2) is 0 Å². The molecule has 1 aromatic rings. The minimum Gasteiger partial charge on any atom is -0.392 e. The Kier molecular flexibility index (Phi) is 3.33. The van der Waals surface area contributed by atoms with Crippen LogP contribution in [-0.2, 0) is 13.6 Å². The molecule has 2 atom stereocenters. The van der Waals surface area contributed by atoms with Gasteiger partial charge in [0.15, 0.2) is 0 Å². The van der Waals surface area contributed by atoms with Crippen molar-refractivity contribution in [3.63, 3.8) is 0 Å². The van der Waals surface area contributed by atoms with Crippen LogP contribution in [0.3, 0.4) is 0 Å². The maximum absolute atomic E-state index is 9.76. The summed E-state index contributed by atoms with van der Waals surface area (Å²) in [5.74, 6) is 0.910. The number of aliphatic hydroxyl groups excluding tert-OH is 1. The van der Waals surface area contributed by atoms with Gasteiger partial charge >= 0.3 is 0 Å². The topological polar surface area (TPSA) is 63.0 Å². The maximum Gasteiger partial charge on any atom is 0.146 e. The quantitative estimate of drug-likeness (QED) is 0.748. The zero-order chi connectivity index (χ0) is 10.7. The minimum atomic E-state index is -0.202. The molecule has 0 amide bonds. The van der Waals surface area contributed by atoms with E-state index in [0.717, 1.165) is 25.1 Å². The molecule has 0 unspecified atom stereocenters. The number of hydrogen-bond acceptors (Lipinski definition) is 4.